The molecule has 9 heteroatoms. The molecular weight excluding hydrogens is 360 g/mol. The van der Waals surface area contributed by atoms with Gasteiger partial charge in [0.25, 0.3) is 5.69 Å². The number of ether oxygens (including phenoxy) is 1. The van der Waals surface area contributed by atoms with Gasteiger partial charge in [0.1, 0.15) is 5.75 Å². The van der Waals surface area contributed by atoms with Crippen LogP contribution in [-0.4, -0.2) is 23.6 Å². The number of nitro benzene ring substituents is 1. The number of anilines is 1. The molecule has 0 spiro atoms. The Bertz CT molecular complexity index is 787. The van der Waals surface area contributed by atoms with Crippen LogP contribution < -0.4 is 15.4 Å². The Kier molecular flexibility index (Phi) is 7.04. The van der Waals surface area contributed by atoms with E-state index in [1.54, 1.807) is 6.92 Å². The summed E-state index contributed by atoms with van der Waals surface area (Å²) in [5.74, 6) is -0.359. The van der Waals surface area contributed by atoms with Gasteiger partial charge in [0.2, 0.25) is 0 Å². The van der Waals surface area contributed by atoms with Crippen LogP contribution >= 0.6 is 0 Å². The fraction of sp³-hybridized carbons (Fsp3) is 0.278. The standard InChI is InChI=1S/C18H19F2N3O4/c1-12(7-8-13-5-3-2-4-6-13)21-18(24)22-15-11-14(23(25)26)9-10-16(15)27-17(19)20/h2-6,9-12,17H,7-8H2,1H3,(H2,21,22,24). The number of aryl methyl sites for hydroxylation is 1. The van der Waals surface area contributed by atoms with Crippen LogP contribution in [-0.2, 0) is 6.42 Å². The van der Waals surface area contributed by atoms with Crippen molar-refractivity contribution in [2.75, 3.05) is 5.32 Å². The molecule has 144 valence electrons. The molecule has 1 atom stereocenters. The second-order valence-electron chi connectivity index (χ2n) is 5.84. The molecule has 0 aliphatic carbocycles. The number of halogens is 2. The average molecular weight is 379 g/mol. The van der Waals surface area contributed by atoms with E-state index in [2.05, 4.69) is 15.4 Å². The Labute approximate surface area is 154 Å². The van der Waals surface area contributed by atoms with Crippen molar-refractivity contribution in [2.24, 2.45) is 0 Å². The lowest BCUT2D eigenvalue weighted by Gasteiger charge is -2.16. The van der Waals surface area contributed by atoms with Gasteiger partial charge < -0.3 is 15.4 Å². The molecule has 0 aromatic heterocycles. The summed E-state index contributed by atoms with van der Waals surface area (Å²) in [6.45, 7) is -1.33. The first kappa shape index (κ1) is 20.1. The summed E-state index contributed by atoms with van der Waals surface area (Å²) in [4.78, 5) is 22.3. The van der Waals surface area contributed by atoms with Crippen molar-refractivity contribution in [3.8, 4) is 5.75 Å². The van der Waals surface area contributed by atoms with Gasteiger partial charge in [0, 0.05) is 18.2 Å². The SMILES string of the molecule is CC(CCc1ccccc1)NC(=O)Nc1cc([N+](=O)[O-])ccc1OC(F)F. The molecule has 0 radical (unpaired) electrons. The third-order valence-electron chi connectivity index (χ3n) is 3.72. The second kappa shape index (κ2) is 9.46. The second-order valence-corrected chi connectivity index (χ2v) is 5.84. The van der Waals surface area contributed by atoms with E-state index in [0.29, 0.717) is 6.42 Å². The van der Waals surface area contributed by atoms with Crippen LogP contribution in [0.3, 0.4) is 0 Å². The number of benzene rings is 2. The van der Waals surface area contributed by atoms with Crippen LogP contribution in [0.2, 0.25) is 0 Å². The molecule has 2 rings (SSSR count). The summed E-state index contributed by atoms with van der Waals surface area (Å²) < 4.78 is 29.3. The molecule has 2 N–H and O–H groups in total. The molecule has 0 aliphatic rings. The van der Waals surface area contributed by atoms with E-state index in [-0.39, 0.29) is 23.2 Å². The predicted molar refractivity (Wildman–Crippen MR) is 96.1 cm³/mol. The van der Waals surface area contributed by atoms with Gasteiger partial charge in [-0.3, -0.25) is 10.1 Å². The van der Waals surface area contributed by atoms with E-state index >= 15 is 0 Å². The molecule has 0 saturated heterocycles. The maximum atomic E-state index is 12.5. The monoisotopic (exact) mass is 379 g/mol. The molecule has 1 unspecified atom stereocenters. The number of carbonyl (C=O) groups excluding carboxylic acids is 1. The van der Waals surface area contributed by atoms with Crippen LogP contribution in [0, 0.1) is 10.1 Å². The zero-order chi connectivity index (χ0) is 19.8. The number of amides is 2. The van der Waals surface area contributed by atoms with E-state index in [1.807, 2.05) is 30.3 Å². The topological polar surface area (TPSA) is 93.5 Å². The van der Waals surface area contributed by atoms with Crippen LogP contribution in [0.1, 0.15) is 18.9 Å². The van der Waals surface area contributed by atoms with Crippen molar-refractivity contribution in [1.82, 2.24) is 5.32 Å². The first-order valence-electron chi connectivity index (χ1n) is 8.20. The largest absolute Gasteiger partial charge is 0.433 e. The highest BCUT2D eigenvalue weighted by molar-refractivity contribution is 5.91. The van der Waals surface area contributed by atoms with Gasteiger partial charge in [-0.25, -0.2) is 4.79 Å². The first-order valence-corrected chi connectivity index (χ1v) is 8.20. The molecule has 0 aliphatic heterocycles. The zero-order valence-corrected chi connectivity index (χ0v) is 14.5. The average Bonchev–Trinajstić information content (AvgIpc) is 2.61. The lowest BCUT2D eigenvalue weighted by molar-refractivity contribution is -0.384. The van der Waals surface area contributed by atoms with Gasteiger partial charge in [-0.05, 0) is 31.4 Å². The minimum absolute atomic E-state index is 0.205. The lowest BCUT2D eigenvalue weighted by atomic mass is 10.1. The number of urea groups is 1. The van der Waals surface area contributed by atoms with E-state index in [1.165, 1.54) is 0 Å². The van der Waals surface area contributed by atoms with Crippen molar-refractivity contribution in [1.29, 1.82) is 0 Å². The number of carbonyl (C=O) groups is 1. The third-order valence-corrected chi connectivity index (χ3v) is 3.72. The van der Waals surface area contributed by atoms with Crippen LogP contribution in [0.4, 0.5) is 25.0 Å². The Morgan fingerprint density at radius 2 is 1.93 bits per heavy atom. The number of hydrogen-bond donors (Lipinski definition) is 2. The zero-order valence-electron chi connectivity index (χ0n) is 14.5. The summed E-state index contributed by atoms with van der Waals surface area (Å²) in [5.41, 5.74) is 0.555. The highest BCUT2D eigenvalue weighted by Crippen LogP contribution is 2.30. The maximum absolute atomic E-state index is 12.5. The molecule has 2 aromatic carbocycles. The quantitative estimate of drug-likeness (QED) is 0.527. The Hall–Kier alpha value is -3.23. The van der Waals surface area contributed by atoms with Gasteiger partial charge in [0.05, 0.1) is 10.6 Å². The third kappa shape index (κ3) is 6.53. The number of rotatable bonds is 8. The van der Waals surface area contributed by atoms with Gasteiger partial charge in [-0.15, -0.1) is 0 Å². The fourth-order valence-electron chi connectivity index (χ4n) is 2.41. The van der Waals surface area contributed by atoms with Crippen molar-refractivity contribution >= 4 is 17.4 Å². The fourth-order valence-corrected chi connectivity index (χ4v) is 2.41. The Balaban J connectivity index is 1.98. The highest BCUT2D eigenvalue weighted by atomic mass is 19.3. The van der Waals surface area contributed by atoms with Gasteiger partial charge in [-0.2, -0.15) is 8.78 Å². The summed E-state index contributed by atoms with van der Waals surface area (Å²) >= 11 is 0. The summed E-state index contributed by atoms with van der Waals surface area (Å²) in [6, 6.07) is 11.8. The smallest absolute Gasteiger partial charge is 0.387 e. The number of nitrogens with zero attached hydrogens (tertiary/aromatic N) is 1. The van der Waals surface area contributed by atoms with E-state index in [9.17, 15) is 23.7 Å². The first-order chi connectivity index (χ1) is 12.8. The maximum Gasteiger partial charge on any atom is 0.387 e. The van der Waals surface area contributed by atoms with E-state index in [4.69, 9.17) is 0 Å². The molecule has 2 aromatic rings. The van der Waals surface area contributed by atoms with E-state index < -0.39 is 17.6 Å². The van der Waals surface area contributed by atoms with Crippen molar-refractivity contribution in [3.05, 3.63) is 64.2 Å². The summed E-state index contributed by atoms with van der Waals surface area (Å²) in [7, 11) is 0. The minimum Gasteiger partial charge on any atom is -0.433 e. The molecule has 0 bridgehead atoms. The number of hydrogen-bond acceptors (Lipinski definition) is 4. The predicted octanol–water partition coefficient (Wildman–Crippen LogP) is 4.34. The molecule has 2 amide bonds. The van der Waals surface area contributed by atoms with Crippen molar-refractivity contribution < 1.29 is 23.2 Å². The summed E-state index contributed by atoms with van der Waals surface area (Å²) in [6.07, 6.45) is 1.41. The number of alkyl halides is 2. The number of nitrogens with one attached hydrogen (secondary N) is 2. The lowest BCUT2D eigenvalue weighted by Crippen LogP contribution is -2.36. The summed E-state index contributed by atoms with van der Waals surface area (Å²) in [5, 5.41) is 15.9. The molecule has 27 heavy (non-hydrogen) atoms. The van der Waals surface area contributed by atoms with Gasteiger partial charge in [0.15, 0.2) is 0 Å². The van der Waals surface area contributed by atoms with Gasteiger partial charge in [-0.1, -0.05) is 30.3 Å². The highest BCUT2D eigenvalue weighted by Gasteiger charge is 2.17. The van der Waals surface area contributed by atoms with Crippen LogP contribution in [0.25, 0.3) is 0 Å². The number of non-ortho nitro benzene ring substituents is 1. The Morgan fingerprint density at radius 1 is 1.22 bits per heavy atom. The molecule has 0 saturated carbocycles. The normalized spacial score (nSPS) is 11.7. The molecule has 0 heterocycles. The van der Waals surface area contributed by atoms with Crippen molar-refractivity contribution in [3.63, 3.8) is 0 Å². The molecule has 7 nitrogen and oxygen atoms in total. The van der Waals surface area contributed by atoms with Gasteiger partial charge >= 0.3 is 12.6 Å². The Morgan fingerprint density at radius 3 is 2.56 bits per heavy atom. The van der Waals surface area contributed by atoms with Crippen molar-refractivity contribution in [2.45, 2.75) is 32.4 Å². The van der Waals surface area contributed by atoms with E-state index in [0.717, 1.165) is 30.2 Å². The molecule has 0 fully saturated rings. The molecular formula is C18H19F2N3O4. The minimum atomic E-state index is -3.13. The number of nitro groups is 1. The van der Waals surface area contributed by atoms with Crippen LogP contribution in [0.5, 0.6) is 5.75 Å². The van der Waals surface area contributed by atoms with Crippen LogP contribution in [0.15, 0.2) is 48.5 Å².